The molecule has 8 nitrogen and oxygen atoms in total. The number of hydrogen-bond acceptors (Lipinski definition) is 7. The van der Waals surface area contributed by atoms with E-state index in [0.717, 1.165) is 11.4 Å². The molecule has 0 saturated carbocycles. The van der Waals surface area contributed by atoms with Crippen LogP contribution in [-0.4, -0.2) is 29.9 Å². The largest absolute Gasteiger partial charge is 0.337 e. The molecule has 0 spiro atoms. The first-order valence-electron chi connectivity index (χ1n) is 6.51. The average Bonchev–Trinajstić information content (AvgIpc) is 3.07. The Balaban J connectivity index is 1.59. The van der Waals surface area contributed by atoms with Gasteiger partial charge < -0.3 is 9.84 Å². The van der Waals surface area contributed by atoms with Crippen LogP contribution < -0.4 is 5.32 Å². The molecule has 0 aliphatic carbocycles. The summed E-state index contributed by atoms with van der Waals surface area (Å²) in [4.78, 5) is 12.4. The highest BCUT2D eigenvalue weighted by Crippen LogP contribution is 2.10. The number of aryl methyl sites for hydroxylation is 2. The molecule has 3 heterocycles. The van der Waals surface area contributed by atoms with E-state index in [9.17, 15) is 0 Å². The highest BCUT2D eigenvalue weighted by Gasteiger charge is 2.09. The van der Waals surface area contributed by atoms with Gasteiger partial charge in [-0.05, 0) is 13.0 Å². The van der Waals surface area contributed by atoms with E-state index in [2.05, 4.69) is 30.5 Å². The third-order valence-electron chi connectivity index (χ3n) is 2.94. The first-order valence-corrected chi connectivity index (χ1v) is 6.51. The predicted molar refractivity (Wildman–Crippen MR) is 73.8 cm³/mol. The highest BCUT2D eigenvalue weighted by atomic mass is 16.5. The molecule has 0 saturated heterocycles. The summed E-state index contributed by atoms with van der Waals surface area (Å²) >= 11 is 0. The SMILES string of the molecule is Cc1cc(CNCc2nc(-c3cnccn3)no2)n(C)n1. The first-order chi connectivity index (χ1) is 10.2. The van der Waals surface area contributed by atoms with Crippen LogP contribution in [0.25, 0.3) is 11.5 Å². The van der Waals surface area contributed by atoms with Crippen molar-refractivity contribution in [2.75, 3.05) is 0 Å². The summed E-state index contributed by atoms with van der Waals surface area (Å²) in [5.74, 6) is 0.950. The van der Waals surface area contributed by atoms with Gasteiger partial charge in [0.15, 0.2) is 0 Å². The maximum absolute atomic E-state index is 5.18. The Morgan fingerprint density at radius 2 is 2.19 bits per heavy atom. The van der Waals surface area contributed by atoms with Gasteiger partial charge in [-0.1, -0.05) is 5.16 Å². The Hall–Kier alpha value is -2.61. The van der Waals surface area contributed by atoms with Crippen LogP contribution in [0.3, 0.4) is 0 Å². The zero-order valence-corrected chi connectivity index (χ0v) is 11.8. The van der Waals surface area contributed by atoms with Gasteiger partial charge in [-0.25, -0.2) is 4.98 Å². The van der Waals surface area contributed by atoms with Crippen molar-refractivity contribution in [1.82, 2.24) is 35.2 Å². The van der Waals surface area contributed by atoms with E-state index in [4.69, 9.17) is 4.52 Å². The van der Waals surface area contributed by atoms with Gasteiger partial charge in [-0.2, -0.15) is 10.1 Å². The van der Waals surface area contributed by atoms with E-state index in [1.165, 1.54) is 0 Å². The molecule has 0 atom stereocenters. The molecule has 0 fully saturated rings. The van der Waals surface area contributed by atoms with Crippen molar-refractivity contribution in [3.8, 4) is 11.5 Å². The lowest BCUT2D eigenvalue weighted by molar-refractivity contribution is 0.366. The maximum Gasteiger partial charge on any atom is 0.240 e. The minimum absolute atomic E-state index is 0.441. The van der Waals surface area contributed by atoms with Gasteiger partial charge in [0.2, 0.25) is 11.7 Å². The molecule has 0 amide bonds. The van der Waals surface area contributed by atoms with Gasteiger partial charge >= 0.3 is 0 Å². The first kappa shape index (κ1) is 13.4. The average molecular weight is 285 g/mol. The third-order valence-corrected chi connectivity index (χ3v) is 2.94. The summed E-state index contributed by atoms with van der Waals surface area (Å²) < 4.78 is 7.03. The Bertz CT molecular complexity index is 719. The summed E-state index contributed by atoms with van der Waals surface area (Å²) in [7, 11) is 1.92. The van der Waals surface area contributed by atoms with E-state index < -0.39 is 0 Å². The summed E-state index contributed by atoms with van der Waals surface area (Å²) in [5, 5.41) is 11.4. The van der Waals surface area contributed by atoms with Gasteiger partial charge in [0.1, 0.15) is 5.69 Å². The minimum Gasteiger partial charge on any atom is -0.337 e. The van der Waals surface area contributed by atoms with Crippen molar-refractivity contribution in [1.29, 1.82) is 0 Å². The minimum atomic E-state index is 0.441. The van der Waals surface area contributed by atoms with Crippen molar-refractivity contribution in [2.45, 2.75) is 20.0 Å². The van der Waals surface area contributed by atoms with E-state index in [1.807, 2.05) is 24.7 Å². The lowest BCUT2D eigenvalue weighted by Crippen LogP contribution is -2.15. The number of hydrogen-bond donors (Lipinski definition) is 1. The standard InChI is InChI=1S/C13H15N7O/c1-9-5-10(20(2)18-9)6-15-8-12-17-13(19-21-12)11-7-14-3-4-16-11/h3-5,7,15H,6,8H2,1-2H3. The normalized spacial score (nSPS) is 11.0. The molecule has 0 aliphatic rings. The quantitative estimate of drug-likeness (QED) is 0.742. The molecule has 108 valence electrons. The summed E-state index contributed by atoms with van der Waals surface area (Å²) in [6.45, 7) is 3.13. The summed E-state index contributed by atoms with van der Waals surface area (Å²) in [6, 6.07) is 2.03. The van der Waals surface area contributed by atoms with Crippen molar-refractivity contribution in [2.24, 2.45) is 7.05 Å². The fraction of sp³-hybridized carbons (Fsp3) is 0.308. The third kappa shape index (κ3) is 3.11. The fourth-order valence-electron chi connectivity index (χ4n) is 1.97. The molecule has 8 heteroatoms. The van der Waals surface area contributed by atoms with E-state index in [0.29, 0.717) is 30.5 Å². The van der Waals surface area contributed by atoms with E-state index in [1.54, 1.807) is 18.6 Å². The second kappa shape index (κ2) is 5.80. The smallest absolute Gasteiger partial charge is 0.240 e. The molecule has 3 aromatic rings. The molecular weight excluding hydrogens is 270 g/mol. The molecule has 0 aliphatic heterocycles. The maximum atomic E-state index is 5.18. The molecule has 3 rings (SSSR count). The van der Waals surface area contributed by atoms with Gasteiger partial charge in [0.25, 0.3) is 0 Å². The van der Waals surface area contributed by atoms with Crippen LogP contribution in [0.4, 0.5) is 0 Å². The van der Waals surface area contributed by atoms with Crippen LogP contribution in [0, 0.1) is 6.92 Å². The zero-order chi connectivity index (χ0) is 14.7. The Kier molecular flexibility index (Phi) is 3.69. The van der Waals surface area contributed by atoms with Crippen LogP contribution in [0.5, 0.6) is 0 Å². The monoisotopic (exact) mass is 285 g/mol. The van der Waals surface area contributed by atoms with E-state index >= 15 is 0 Å². The second-order valence-corrected chi connectivity index (χ2v) is 4.61. The highest BCUT2D eigenvalue weighted by molar-refractivity contribution is 5.45. The lowest BCUT2D eigenvalue weighted by atomic mass is 10.3. The van der Waals surface area contributed by atoms with Gasteiger partial charge in [0.05, 0.1) is 24.1 Å². The van der Waals surface area contributed by atoms with Gasteiger partial charge in [0, 0.05) is 26.0 Å². The fourth-order valence-corrected chi connectivity index (χ4v) is 1.97. The zero-order valence-electron chi connectivity index (χ0n) is 11.8. The van der Waals surface area contributed by atoms with Crippen LogP contribution in [0.15, 0.2) is 29.2 Å². The Labute approximate surface area is 121 Å². The van der Waals surface area contributed by atoms with Gasteiger partial charge in [-0.3, -0.25) is 9.67 Å². The molecule has 0 aromatic carbocycles. The van der Waals surface area contributed by atoms with Crippen molar-refractivity contribution in [3.05, 3.63) is 41.9 Å². The predicted octanol–water partition coefficient (Wildman–Crippen LogP) is 0.858. The van der Waals surface area contributed by atoms with Crippen LogP contribution in [0.1, 0.15) is 17.3 Å². The molecule has 0 radical (unpaired) electrons. The van der Waals surface area contributed by atoms with Crippen molar-refractivity contribution < 1.29 is 4.52 Å². The molecular formula is C13H15N7O. The van der Waals surface area contributed by atoms with E-state index in [-0.39, 0.29) is 0 Å². The van der Waals surface area contributed by atoms with Gasteiger partial charge in [-0.15, -0.1) is 0 Å². The molecule has 21 heavy (non-hydrogen) atoms. The number of nitrogens with one attached hydrogen (secondary N) is 1. The topological polar surface area (TPSA) is 94.5 Å². The lowest BCUT2D eigenvalue weighted by Gasteiger charge is -2.01. The van der Waals surface area contributed by atoms with Crippen LogP contribution in [0.2, 0.25) is 0 Å². The number of rotatable bonds is 5. The molecule has 3 aromatic heterocycles. The summed E-state index contributed by atoms with van der Waals surface area (Å²) in [5.41, 5.74) is 2.69. The molecule has 0 bridgehead atoms. The number of aromatic nitrogens is 6. The van der Waals surface area contributed by atoms with Crippen molar-refractivity contribution >= 4 is 0 Å². The molecule has 1 N–H and O–H groups in total. The number of nitrogens with zero attached hydrogens (tertiary/aromatic N) is 6. The molecule has 0 unspecified atom stereocenters. The second-order valence-electron chi connectivity index (χ2n) is 4.61. The Morgan fingerprint density at radius 1 is 1.29 bits per heavy atom. The van der Waals surface area contributed by atoms with Crippen molar-refractivity contribution in [3.63, 3.8) is 0 Å². The van der Waals surface area contributed by atoms with Crippen LogP contribution >= 0.6 is 0 Å². The Morgan fingerprint density at radius 3 is 2.90 bits per heavy atom. The summed E-state index contributed by atoms with van der Waals surface area (Å²) in [6.07, 6.45) is 4.79. The van der Waals surface area contributed by atoms with Crippen LogP contribution in [-0.2, 0) is 20.1 Å².